The molecule has 0 saturated carbocycles. The molecule has 0 fully saturated rings. The molecule has 0 aliphatic heterocycles. The zero-order chi connectivity index (χ0) is 16.2. The standard InChI is InChI=1S/C18H17N3O2/c1-23-15-8-9-17(16(19)12-15)20-18(22)13-4-6-14(7-5-13)21-10-2-3-11-21/h2-12H,19H2,1H3,(H,20,22). The Labute approximate surface area is 134 Å². The summed E-state index contributed by atoms with van der Waals surface area (Å²) in [5, 5.41) is 2.81. The van der Waals surface area contributed by atoms with Crippen LogP contribution in [0.5, 0.6) is 5.75 Å². The molecule has 0 aliphatic rings. The summed E-state index contributed by atoms with van der Waals surface area (Å²) in [5.41, 5.74) is 8.50. The van der Waals surface area contributed by atoms with Crippen molar-refractivity contribution < 1.29 is 9.53 Å². The molecule has 0 unspecified atom stereocenters. The van der Waals surface area contributed by atoms with Gasteiger partial charge in [-0.3, -0.25) is 4.79 Å². The second-order valence-electron chi connectivity index (χ2n) is 5.04. The molecule has 3 rings (SSSR count). The maximum absolute atomic E-state index is 12.3. The number of nitrogen functional groups attached to an aromatic ring is 1. The molecule has 3 N–H and O–H groups in total. The van der Waals surface area contributed by atoms with Crippen molar-refractivity contribution in [2.75, 3.05) is 18.2 Å². The Hall–Kier alpha value is -3.21. The lowest BCUT2D eigenvalue weighted by Crippen LogP contribution is -2.13. The lowest BCUT2D eigenvalue weighted by molar-refractivity contribution is 0.102. The van der Waals surface area contributed by atoms with Gasteiger partial charge in [0.25, 0.3) is 5.91 Å². The summed E-state index contributed by atoms with van der Waals surface area (Å²) in [6.07, 6.45) is 3.90. The second kappa shape index (κ2) is 6.27. The molecular weight excluding hydrogens is 290 g/mol. The Morgan fingerprint density at radius 3 is 2.39 bits per heavy atom. The summed E-state index contributed by atoms with van der Waals surface area (Å²) >= 11 is 0. The van der Waals surface area contributed by atoms with Gasteiger partial charge < -0.3 is 20.4 Å². The summed E-state index contributed by atoms with van der Waals surface area (Å²) in [7, 11) is 1.57. The number of nitrogens with one attached hydrogen (secondary N) is 1. The van der Waals surface area contributed by atoms with Crippen molar-refractivity contribution in [1.29, 1.82) is 0 Å². The van der Waals surface area contributed by atoms with Crippen molar-refractivity contribution in [2.24, 2.45) is 0 Å². The number of nitrogens with zero attached hydrogens (tertiary/aromatic N) is 1. The Balaban J connectivity index is 1.76. The molecule has 1 heterocycles. The van der Waals surface area contributed by atoms with Crippen LogP contribution in [0.2, 0.25) is 0 Å². The van der Waals surface area contributed by atoms with Crippen molar-refractivity contribution in [1.82, 2.24) is 4.57 Å². The molecule has 1 amide bonds. The first-order valence-electron chi connectivity index (χ1n) is 7.15. The first-order valence-corrected chi connectivity index (χ1v) is 7.15. The largest absolute Gasteiger partial charge is 0.497 e. The van der Waals surface area contributed by atoms with Gasteiger partial charge in [-0.05, 0) is 48.5 Å². The van der Waals surface area contributed by atoms with Gasteiger partial charge in [-0.2, -0.15) is 0 Å². The average Bonchev–Trinajstić information content (AvgIpc) is 3.11. The van der Waals surface area contributed by atoms with Gasteiger partial charge in [0, 0.05) is 29.7 Å². The number of carbonyl (C=O) groups excluding carboxylic acids is 1. The van der Waals surface area contributed by atoms with E-state index in [1.54, 1.807) is 37.4 Å². The van der Waals surface area contributed by atoms with Crippen LogP contribution < -0.4 is 15.8 Å². The number of carbonyl (C=O) groups is 1. The predicted octanol–water partition coefficient (Wildman–Crippen LogP) is 3.32. The first kappa shape index (κ1) is 14.7. The van der Waals surface area contributed by atoms with E-state index in [0.717, 1.165) is 5.69 Å². The van der Waals surface area contributed by atoms with E-state index in [0.29, 0.717) is 22.7 Å². The fourth-order valence-electron chi connectivity index (χ4n) is 2.27. The third-order valence-corrected chi connectivity index (χ3v) is 3.54. The van der Waals surface area contributed by atoms with Crippen LogP contribution in [0.15, 0.2) is 67.0 Å². The highest BCUT2D eigenvalue weighted by Crippen LogP contribution is 2.24. The molecule has 23 heavy (non-hydrogen) atoms. The summed E-state index contributed by atoms with van der Waals surface area (Å²) in [6.45, 7) is 0. The SMILES string of the molecule is COc1ccc(NC(=O)c2ccc(-n3cccc3)cc2)c(N)c1. The fraction of sp³-hybridized carbons (Fsp3) is 0.0556. The van der Waals surface area contributed by atoms with Crippen LogP contribution in [0.3, 0.4) is 0 Å². The minimum atomic E-state index is -0.207. The molecule has 5 heteroatoms. The highest BCUT2D eigenvalue weighted by molar-refractivity contribution is 6.05. The Morgan fingerprint density at radius 2 is 1.78 bits per heavy atom. The molecule has 0 radical (unpaired) electrons. The van der Waals surface area contributed by atoms with Crippen LogP contribution in [0.1, 0.15) is 10.4 Å². The number of benzene rings is 2. The minimum Gasteiger partial charge on any atom is -0.497 e. The maximum Gasteiger partial charge on any atom is 0.255 e. The quantitative estimate of drug-likeness (QED) is 0.726. The lowest BCUT2D eigenvalue weighted by atomic mass is 10.1. The molecular formula is C18H17N3O2. The van der Waals surface area contributed by atoms with Gasteiger partial charge in [0.15, 0.2) is 0 Å². The van der Waals surface area contributed by atoms with E-state index in [4.69, 9.17) is 10.5 Å². The van der Waals surface area contributed by atoms with Crippen LogP contribution in [-0.2, 0) is 0 Å². The Kier molecular flexibility index (Phi) is 4.01. The number of hydrogen-bond donors (Lipinski definition) is 2. The number of rotatable bonds is 4. The number of anilines is 2. The van der Waals surface area contributed by atoms with Gasteiger partial charge in [0.1, 0.15) is 5.75 Å². The van der Waals surface area contributed by atoms with E-state index in [2.05, 4.69) is 5.32 Å². The molecule has 5 nitrogen and oxygen atoms in total. The predicted molar refractivity (Wildman–Crippen MR) is 91.1 cm³/mol. The van der Waals surface area contributed by atoms with Crippen LogP contribution >= 0.6 is 0 Å². The van der Waals surface area contributed by atoms with E-state index in [1.807, 2.05) is 41.2 Å². The monoisotopic (exact) mass is 307 g/mol. The topological polar surface area (TPSA) is 69.3 Å². The normalized spacial score (nSPS) is 10.3. The van der Waals surface area contributed by atoms with Crippen molar-refractivity contribution in [2.45, 2.75) is 0 Å². The van der Waals surface area contributed by atoms with E-state index >= 15 is 0 Å². The van der Waals surface area contributed by atoms with Crippen LogP contribution in [-0.4, -0.2) is 17.6 Å². The first-order chi connectivity index (χ1) is 11.2. The lowest BCUT2D eigenvalue weighted by Gasteiger charge is -2.10. The molecule has 0 saturated heterocycles. The third kappa shape index (κ3) is 3.18. The molecule has 0 aliphatic carbocycles. The highest BCUT2D eigenvalue weighted by Gasteiger charge is 2.09. The summed E-state index contributed by atoms with van der Waals surface area (Å²) in [5.74, 6) is 0.442. The van der Waals surface area contributed by atoms with E-state index in [-0.39, 0.29) is 5.91 Å². The molecule has 0 atom stereocenters. The van der Waals surface area contributed by atoms with Crippen molar-refractivity contribution in [3.8, 4) is 11.4 Å². The van der Waals surface area contributed by atoms with E-state index in [9.17, 15) is 4.79 Å². The number of ether oxygens (including phenoxy) is 1. The van der Waals surface area contributed by atoms with Gasteiger partial charge in [0.2, 0.25) is 0 Å². The third-order valence-electron chi connectivity index (χ3n) is 3.54. The van der Waals surface area contributed by atoms with Gasteiger partial charge in [0.05, 0.1) is 18.5 Å². The number of amides is 1. The van der Waals surface area contributed by atoms with Gasteiger partial charge in [-0.1, -0.05) is 0 Å². The van der Waals surface area contributed by atoms with Crippen molar-refractivity contribution in [3.05, 3.63) is 72.6 Å². The zero-order valence-corrected chi connectivity index (χ0v) is 12.7. The average molecular weight is 307 g/mol. The van der Waals surface area contributed by atoms with E-state index in [1.165, 1.54) is 0 Å². The molecule has 3 aromatic rings. The zero-order valence-electron chi connectivity index (χ0n) is 12.7. The molecule has 1 aromatic heterocycles. The van der Waals surface area contributed by atoms with E-state index < -0.39 is 0 Å². The number of methoxy groups -OCH3 is 1. The van der Waals surface area contributed by atoms with Gasteiger partial charge in [-0.15, -0.1) is 0 Å². The van der Waals surface area contributed by atoms with Gasteiger partial charge >= 0.3 is 0 Å². The number of nitrogens with two attached hydrogens (primary N) is 1. The minimum absolute atomic E-state index is 0.207. The fourth-order valence-corrected chi connectivity index (χ4v) is 2.27. The molecule has 2 aromatic carbocycles. The summed E-state index contributed by atoms with van der Waals surface area (Å²) < 4.78 is 7.07. The van der Waals surface area contributed by atoms with Crippen LogP contribution in [0.25, 0.3) is 5.69 Å². The second-order valence-corrected chi connectivity index (χ2v) is 5.04. The Morgan fingerprint density at radius 1 is 1.09 bits per heavy atom. The highest BCUT2D eigenvalue weighted by atomic mass is 16.5. The maximum atomic E-state index is 12.3. The molecule has 0 spiro atoms. The molecule has 116 valence electrons. The molecule has 0 bridgehead atoms. The number of aromatic nitrogens is 1. The Bertz CT molecular complexity index is 809. The van der Waals surface area contributed by atoms with Crippen LogP contribution in [0.4, 0.5) is 11.4 Å². The number of hydrogen-bond acceptors (Lipinski definition) is 3. The summed E-state index contributed by atoms with van der Waals surface area (Å²) in [4.78, 5) is 12.3. The van der Waals surface area contributed by atoms with Crippen LogP contribution in [0, 0.1) is 0 Å². The smallest absolute Gasteiger partial charge is 0.255 e. The van der Waals surface area contributed by atoms with Crippen molar-refractivity contribution in [3.63, 3.8) is 0 Å². The van der Waals surface area contributed by atoms with Crippen molar-refractivity contribution >= 4 is 17.3 Å². The summed E-state index contributed by atoms with van der Waals surface area (Å²) in [6, 6.07) is 16.4. The van der Waals surface area contributed by atoms with Gasteiger partial charge in [-0.25, -0.2) is 0 Å².